The lowest BCUT2D eigenvalue weighted by Crippen LogP contribution is -2.47. The van der Waals surface area contributed by atoms with Crippen molar-refractivity contribution in [2.75, 3.05) is 37.6 Å². The molecule has 1 aromatic heterocycles. The average molecular weight is 288 g/mol. The van der Waals surface area contributed by atoms with Crippen LogP contribution in [0, 0.1) is 5.92 Å². The van der Waals surface area contributed by atoms with Crippen molar-refractivity contribution < 1.29 is 0 Å². The second-order valence-corrected chi connectivity index (χ2v) is 5.58. The van der Waals surface area contributed by atoms with Gasteiger partial charge in [-0.05, 0) is 42.0 Å². The zero-order valence-electron chi connectivity index (χ0n) is 10.0. The topological polar surface area (TPSA) is 45.2 Å². The molecule has 0 N–H and O–H groups in total. The summed E-state index contributed by atoms with van der Waals surface area (Å²) < 4.78 is 0. The number of hydrogen-bond acceptors (Lipinski definition) is 5. The minimum Gasteiger partial charge on any atom is -0.338 e. The Morgan fingerprint density at radius 2 is 1.56 bits per heavy atom. The molecule has 1 saturated heterocycles. The van der Waals surface area contributed by atoms with Gasteiger partial charge in [0.25, 0.3) is 0 Å². The summed E-state index contributed by atoms with van der Waals surface area (Å²) in [5.41, 5.74) is 0. The van der Waals surface area contributed by atoms with Crippen LogP contribution >= 0.6 is 23.2 Å². The van der Waals surface area contributed by atoms with E-state index < -0.39 is 0 Å². The van der Waals surface area contributed by atoms with Crippen LogP contribution in [0.3, 0.4) is 0 Å². The molecule has 0 radical (unpaired) electrons. The largest absolute Gasteiger partial charge is 0.338 e. The van der Waals surface area contributed by atoms with E-state index >= 15 is 0 Å². The Hall–Kier alpha value is -0.650. The van der Waals surface area contributed by atoms with Gasteiger partial charge in [-0.3, -0.25) is 4.90 Å². The van der Waals surface area contributed by atoms with E-state index in [0.29, 0.717) is 5.95 Å². The summed E-state index contributed by atoms with van der Waals surface area (Å²) in [4.78, 5) is 16.6. The molecule has 5 nitrogen and oxygen atoms in total. The summed E-state index contributed by atoms with van der Waals surface area (Å²) in [5.74, 6) is 1.53. The van der Waals surface area contributed by atoms with Crippen molar-refractivity contribution in [1.82, 2.24) is 19.9 Å². The van der Waals surface area contributed by atoms with E-state index in [-0.39, 0.29) is 10.6 Å². The van der Waals surface area contributed by atoms with Gasteiger partial charge in [0, 0.05) is 32.7 Å². The highest BCUT2D eigenvalue weighted by Crippen LogP contribution is 2.30. The Labute approximate surface area is 116 Å². The number of piperazine rings is 1. The van der Waals surface area contributed by atoms with Gasteiger partial charge in [0.05, 0.1) is 0 Å². The van der Waals surface area contributed by atoms with Gasteiger partial charge in [0.1, 0.15) is 0 Å². The second-order valence-electron chi connectivity index (χ2n) is 4.90. The fourth-order valence-corrected chi connectivity index (χ4v) is 2.61. The second kappa shape index (κ2) is 5.15. The molecule has 7 heteroatoms. The van der Waals surface area contributed by atoms with Gasteiger partial charge >= 0.3 is 0 Å². The number of nitrogens with zero attached hydrogens (tertiary/aromatic N) is 5. The van der Waals surface area contributed by atoms with Crippen molar-refractivity contribution in [3.8, 4) is 0 Å². The molecule has 0 aromatic carbocycles. The first kappa shape index (κ1) is 12.4. The van der Waals surface area contributed by atoms with Crippen LogP contribution in [0.2, 0.25) is 10.6 Å². The molecule has 0 amide bonds. The smallest absolute Gasteiger partial charge is 0.231 e. The number of hydrogen-bond donors (Lipinski definition) is 0. The van der Waals surface area contributed by atoms with Crippen LogP contribution in [0.25, 0.3) is 0 Å². The predicted molar refractivity (Wildman–Crippen MR) is 71.2 cm³/mol. The van der Waals surface area contributed by atoms with Crippen molar-refractivity contribution in [3.05, 3.63) is 10.6 Å². The first-order valence-electron chi connectivity index (χ1n) is 6.25. The number of anilines is 1. The molecule has 0 unspecified atom stereocenters. The molecule has 0 spiro atoms. The standard InChI is InChI=1S/C11H15Cl2N5/c12-9-14-10(13)16-11(15-9)18-5-3-17(4-6-18)7-8-1-2-8/h8H,1-7H2. The Morgan fingerprint density at radius 1 is 0.944 bits per heavy atom. The zero-order chi connectivity index (χ0) is 12.5. The van der Waals surface area contributed by atoms with E-state index in [1.807, 2.05) is 0 Å². The molecule has 1 aromatic rings. The number of rotatable bonds is 3. The minimum atomic E-state index is 0.158. The third-order valence-corrected chi connectivity index (χ3v) is 3.78. The number of halogens is 2. The van der Waals surface area contributed by atoms with Crippen LogP contribution in [-0.4, -0.2) is 52.6 Å². The first-order chi connectivity index (χ1) is 8.70. The molecule has 2 fully saturated rings. The van der Waals surface area contributed by atoms with E-state index in [0.717, 1.165) is 32.1 Å². The Bertz CT molecular complexity index is 409. The molecular formula is C11H15Cl2N5. The van der Waals surface area contributed by atoms with E-state index in [1.165, 1.54) is 19.4 Å². The minimum absolute atomic E-state index is 0.158. The maximum Gasteiger partial charge on any atom is 0.231 e. The monoisotopic (exact) mass is 287 g/mol. The highest BCUT2D eigenvalue weighted by atomic mass is 35.5. The van der Waals surface area contributed by atoms with Gasteiger partial charge in [-0.25, -0.2) is 0 Å². The molecule has 18 heavy (non-hydrogen) atoms. The maximum absolute atomic E-state index is 5.79. The van der Waals surface area contributed by atoms with Crippen LogP contribution in [-0.2, 0) is 0 Å². The first-order valence-corrected chi connectivity index (χ1v) is 7.01. The average Bonchev–Trinajstić information content (AvgIpc) is 3.12. The summed E-state index contributed by atoms with van der Waals surface area (Å²) >= 11 is 11.6. The fourth-order valence-electron chi connectivity index (χ4n) is 2.25. The van der Waals surface area contributed by atoms with Crippen molar-refractivity contribution in [2.24, 2.45) is 5.92 Å². The summed E-state index contributed by atoms with van der Waals surface area (Å²) in [6, 6.07) is 0. The van der Waals surface area contributed by atoms with Crippen LogP contribution in [0.4, 0.5) is 5.95 Å². The molecule has 0 atom stereocenters. The van der Waals surface area contributed by atoms with Crippen LogP contribution in [0.15, 0.2) is 0 Å². The van der Waals surface area contributed by atoms with E-state index in [2.05, 4.69) is 24.8 Å². The molecule has 1 aliphatic carbocycles. The Balaban J connectivity index is 1.60. The van der Waals surface area contributed by atoms with Crippen LogP contribution < -0.4 is 4.90 Å². The zero-order valence-corrected chi connectivity index (χ0v) is 11.5. The molecule has 0 bridgehead atoms. The normalized spacial score (nSPS) is 21.3. The van der Waals surface area contributed by atoms with Gasteiger partial charge in [-0.15, -0.1) is 0 Å². The van der Waals surface area contributed by atoms with E-state index in [9.17, 15) is 0 Å². The Kier molecular flexibility index (Phi) is 3.54. The summed E-state index contributed by atoms with van der Waals surface area (Å²) in [6.45, 7) is 5.19. The van der Waals surface area contributed by atoms with E-state index in [1.54, 1.807) is 0 Å². The van der Waals surface area contributed by atoms with Crippen molar-refractivity contribution >= 4 is 29.2 Å². The van der Waals surface area contributed by atoms with Crippen molar-refractivity contribution in [3.63, 3.8) is 0 Å². The molecule has 2 heterocycles. The SMILES string of the molecule is Clc1nc(Cl)nc(N2CCN(CC3CC3)CC2)n1. The lowest BCUT2D eigenvalue weighted by molar-refractivity contribution is 0.247. The number of aromatic nitrogens is 3. The summed E-state index contributed by atoms with van der Waals surface area (Å²) in [7, 11) is 0. The highest BCUT2D eigenvalue weighted by Gasteiger charge is 2.27. The van der Waals surface area contributed by atoms with Crippen LogP contribution in [0.5, 0.6) is 0 Å². The maximum atomic E-state index is 5.79. The highest BCUT2D eigenvalue weighted by molar-refractivity contribution is 6.31. The van der Waals surface area contributed by atoms with Gasteiger partial charge in [0.2, 0.25) is 16.5 Å². The fraction of sp³-hybridized carbons (Fsp3) is 0.727. The Morgan fingerprint density at radius 3 is 2.11 bits per heavy atom. The van der Waals surface area contributed by atoms with Crippen LogP contribution in [0.1, 0.15) is 12.8 Å². The molecular weight excluding hydrogens is 273 g/mol. The molecule has 2 aliphatic rings. The van der Waals surface area contributed by atoms with Gasteiger partial charge < -0.3 is 4.90 Å². The summed E-state index contributed by atoms with van der Waals surface area (Å²) in [5, 5.41) is 0.316. The van der Waals surface area contributed by atoms with Crippen molar-refractivity contribution in [1.29, 1.82) is 0 Å². The van der Waals surface area contributed by atoms with Gasteiger partial charge in [-0.1, -0.05) is 0 Å². The quantitative estimate of drug-likeness (QED) is 0.847. The molecule has 3 rings (SSSR count). The summed E-state index contributed by atoms with van der Waals surface area (Å²) in [6.07, 6.45) is 2.80. The van der Waals surface area contributed by atoms with Gasteiger partial charge in [0.15, 0.2) is 0 Å². The lowest BCUT2D eigenvalue weighted by Gasteiger charge is -2.34. The van der Waals surface area contributed by atoms with Crippen molar-refractivity contribution in [2.45, 2.75) is 12.8 Å². The molecule has 98 valence electrons. The lowest BCUT2D eigenvalue weighted by atomic mass is 10.3. The third-order valence-electron chi connectivity index (χ3n) is 3.44. The molecule has 1 saturated carbocycles. The van der Waals surface area contributed by atoms with Gasteiger partial charge in [-0.2, -0.15) is 15.0 Å². The third kappa shape index (κ3) is 3.02. The predicted octanol–water partition coefficient (Wildman–Crippen LogP) is 1.71. The van der Waals surface area contributed by atoms with E-state index in [4.69, 9.17) is 23.2 Å². The molecule has 1 aliphatic heterocycles.